The summed E-state index contributed by atoms with van der Waals surface area (Å²) in [5.41, 5.74) is 1.94. The third-order valence-electron chi connectivity index (χ3n) is 2.92. The van der Waals surface area contributed by atoms with Crippen LogP contribution in [0.15, 0.2) is 24.3 Å². The van der Waals surface area contributed by atoms with E-state index in [1.807, 2.05) is 36.1 Å². The summed E-state index contributed by atoms with van der Waals surface area (Å²) in [6.45, 7) is 3.31. The number of aryl methyl sites for hydroxylation is 1. The van der Waals surface area contributed by atoms with E-state index in [4.69, 9.17) is 0 Å². The van der Waals surface area contributed by atoms with Crippen molar-refractivity contribution in [2.75, 3.05) is 25.0 Å². The van der Waals surface area contributed by atoms with Crippen molar-refractivity contribution in [2.45, 2.75) is 19.5 Å². The molecule has 0 bridgehead atoms. The first-order valence-corrected chi connectivity index (χ1v) is 5.86. The van der Waals surface area contributed by atoms with Gasteiger partial charge in [0, 0.05) is 18.8 Å². The number of alkyl halides is 1. The summed E-state index contributed by atoms with van der Waals surface area (Å²) >= 11 is 0. The van der Waals surface area contributed by atoms with Gasteiger partial charge in [-0.25, -0.2) is 4.39 Å². The van der Waals surface area contributed by atoms with Gasteiger partial charge in [0.15, 0.2) is 0 Å². The van der Waals surface area contributed by atoms with E-state index in [2.05, 4.69) is 5.32 Å². The molecule has 3 nitrogen and oxygen atoms in total. The molecule has 1 amide bonds. The van der Waals surface area contributed by atoms with Gasteiger partial charge in [-0.2, -0.15) is 0 Å². The van der Waals surface area contributed by atoms with Gasteiger partial charge < -0.3 is 5.32 Å². The van der Waals surface area contributed by atoms with Crippen molar-refractivity contribution in [3.05, 3.63) is 29.8 Å². The average molecular weight is 236 g/mol. The maximum atomic E-state index is 12.9. The zero-order chi connectivity index (χ0) is 12.3. The summed E-state index contributed by atoms with van der Waals surface area (Å²) in [4.78, 5) is 13.5. The molecule has 1 atom stereocenters. The lowest BCUT2D eigenvalue weighted by Crippen LogP contribution is -2.31. The third-order valence-corrected chi connectivity index (χ3v) is 2.92. The first kappa shape index (κ1) is 12.0. The van der Waals surface area contributed by atoms with Gasteiger partial charge in [0.05, 0.1) is 6.54 Å². The van der Waals surface area contributed by atoms with Crippen LogP contribution in [0.2, 0.25) is 0 Å². The number of benzene rings is 1. The Bertz CT molecular complexity index is 391. The fourth-order valence-corrected chi connectivity index (χ4v) is 1.97. The molecule has 1 aliphatic rings. The Hall–Kier alpha value is -1.42. The normalized spacial score (nSPS) is 20.5. The zero-order valence-electron chi connectivity index (χ0n) is 9.95. The third kappa shape index (κ3) is 3.53. The summed E-state index contributed by atoms with van der Waals surface area (Å²) in [7, 11) is 0. The average Bonchev–Trinajstić information content (AvgIpc) is 2.67. The van der Waals surface area contributed by atoms with Gasteiger partial charge in [0.1, 0.15) is 6.17 Å². The minimum Gasteiger partial charge on any atom is -0.325 e. The lowest BCUT2D eigenvalue weighted by Gasteiger charge is -2.14. The molecule has 1 saturated heterocycles. The Labute approximate surface area is 101 Å². The highest BCUT2D eigenvalue weighted by Gasteiger charge is 2.23. The highest BCUT2D eigenvalue weighted by molar-refractivity contribution is 5.92. The molecule has 2 rings (SSSR count). The monoisotopic (exact) mass is 236 g/mol. The Morgan fingerprint density at radius 2 is 2.18 bits per heavy atom. The summed E-state index contributed by atoms with van der Waals surface area (Å²) in [5.74, 6) is -0.0806. The smallest absolute Gasteiger partial charge is 0.238 e. The molecule has 1 aliphatic heterocycles. The number of hydrogen-bond acceptors (Lipinski definition) is 2. The zero-order valence-corrected chi connectivity index (χ0v) is 9.95. The summed E-state index contributed by atoms with van der Waals surface area (Å²) in [6, 6.07) is 7.64. The maximum Gasteiger partial charge on any atom is 0.238 e. The first-order chi connectivity index (χ1) is 8.13. The molecular formula is C13H17FN2O. The topological polar surface area (TPSA) is 32.3 Å². The van der Waals surface area contributed by atoms with E-state index in [1.54, 1.807) is 0 Å². The van der Waals surface area contributed by atoms with E-state index in [0.717, 1.165) is 11.3 Å². The Morgan fingerprint density at radius 3 is 2.76 bits per heavy atom. The molecule has 0 spiro atoms. The molecule has 0 saturated carbocycles. The molecule has 1 aromatic carbocycles. The molecule has 1 N–H and O–H groups in total. The van der Waals surface area contributed by atoms with Crippen molar-refractivity contribution in [3.63, 3.8) is 0 Å². The Morgan fingerprint density at radius 1 is 1.47 bits per heavy atom. The van der Waals surface area contributed by atoms with Crippen molar-refractivity contribution in [3.8, 4) is 0 Å². The lowest BCUT2D eigenvalue weighted by molar-refractivity contribution is -0.117. The van der Waals surface area contributed by atoms with Crippen LogP contribution in [-0.4, -0.2) is 36.6 Å². The number of likely N-dealkylation sites (tertiary alicyclic amines) is 1. The van der Waals surface area contributed by atoms with Crippen molar-refractivity contribution in [1.29, 1.82) is 0 Å². The minimum atomic E-state index is -0.776. The first-order valence-electron chi connectivity index (χ1n) is 5.86. The summed E-state index contributed by atoms with van der Waals surface area (Å²) in [6.07, 6.45) is -0.236. The van der Waals surface area contributed by atoms with E-state index >= 15 is 0 Å². The second-order valence-corrected chi connectivity index (χ2v) is 4.54. The fraction of sp³-hybridized carbons (Fsp3) is 0.462. The second kappa shape index (κ2) is 5.27. The van der Waals surface area contributed by atoms with Crippen LogP contribution in [0.25, 0.3) is 0 Å². The van der Waals surface area contributed by atoms with Crippen molar-refractivity contribution < 1.29 is 9.18 Å². The Kier molecular flexibility index (Phi) is 3.74. The van der Waals surface area contributed by atoms with Gasteiger partial charge in [0.2, 0.25) is 5.91 Å². The fourth-order valence-electron chi connectivity index (χ4n) is 1.97. The molecule has 1 heterocycles. The van der Waals surface area contributed by atoms with Gasteiger partial charge in [0.25, 0.3) is 0 Å². The molecule has 0 aromatic heterocycles. The van der Waals surface area contributed by atoms with E-state index in [1.165, 1.54) is 0 Å². The SMILES string of the molecule is Cc1ccc(NC(=O)CN2CCC(F)C2)cc1. The van der Waals surface area contributed by atoms with E-state index in [0.29, 0.717) is 19.5 Å². The molecule has 1 fully saturated rings. The predicted octanol–water partition coefficient (Wildman–Crippen LogP) is 1.98. The molecule has 0 aliphatic carbocycles. The van der Waals surface area contributed by atoms with Crippen LogP contribution in [0.3, 0.4) is 0 Å². The molecule has 1 unspecified atom stereocenters. The van der Waals surface area contributed by atoms with Crippen LogP contribution >= 0.6 is 0 Å². The minimum absolute atomic E-state index is 0.0806. The Balaban J connectivity index is 1.83. The second-order valence-electron chi connectivity index (χ2n) is 4.54. The highest BCUT2D eigenvalue weighted by atomic mass is 19.1. The van der Waals surface area contributed by atoms with Crippen LogP contribution < -0.4 is 5.32 Å². The summed E-state index contributed by atoms with van der Waals surface area (Å²) < 4.78 is 12.9. The van der Waals surface area contributed by atoms with Crippen LogP contribution in [0, 0.1) is 6.92 Å². The van der Waals surface area contributed by atoms with Crippen LogP contribution in [0.5, 0.6) is 0 Å². The van der Waals surface area contributed by atoms with Crippen molar-refractivity contribution in [1.82, 2.24) is 4.90 Å². The van der Waals surface area contributed by atoms with Gasteiger partial charge in [-0.15, -0.1) is 0 Å². The largest absolute Gasteiger partial charge is 0.325 e. The van der Waals surface area contributed by atoms with E-state index < -0.39 is 6.17 Å². The molecular weight excluding hydrogens is 219 g/mol. The van der Waals surface area contributed by atoms with Gasteiger partial charge in [-0.3, -0.25) is 9.69 Å². The number of amides is 1. The number of rotatable bonds is 3. The van der Waals surface area contributed by atoms with E-state index in [-0.39, 0.29) is 12.5 Å². The maximum absolute atomic E-state index is 12.9. The summed E-state index contributed by atoms with van der Waals surface area (Å²) in [5, 5.41) is 2.81. The predicted molar refractivity (Wildman–Crippen MR) is 65.8 cm³/mol. The molecule has 1 aromatic rings. The molecule has 4 heteroatoms. The number of halogens is 1. The number of nitrogens with one attached hydrogen (secondary N) is 1. The number of carbonyl (C=O) groups is 1. The van der Waals surface area contributed by atoms with Crippen molar-refractivity contribution in [2.24, 2.45) is 0 Å². The lowest BCUT2D eigenvalue weighted by atomic mass is 10.2. The highest BCUT2D eigenvalue weighted by Crippen LogP contribution is 2.12. The van der Waals surface area contributed by atoms with Gasteiger partial charge in [-0.1, -0.05) is 17.7 Å². The van der Waals surface area contributed by atoms with Crippen LogP contribution in [0.4, 0.5) is 10.1 Å². The van der Waals surface area contributed by atoms with Crippen LogP contribution in [-0.2, 0) is 4.79 Å². The van der Waals surface area contributed by atoms with Gasteiger partial charge >= 0.3 is 0 Å². The number of hydrogen-bond donors (Lipinski definition) is 1. The molecule has 17 heavy (non-hydrogen) atoms. The number of carbonyl (C=O) groups excluding carboxylic acids is 1. The quantitative estimate of drug-likeness (QED) is 0.870. The van der Waals surface area contributed by atoms with Crippen molar-refractivity contribution >= 4 is 11.6 Å². The molecule has 92 valence electrons. The molecule has 0 radical (unpaired) electrons. The number of nitrogens with zero attached hydrogens (tertiary/aromatic N) is 1. The number of anilines is 1. The van der Waals surface area contributed by atoms with Gasteiger partial charge in [-0.05, 0) is 25.5 Å². The standard InChI is InChI=1S/C13H17FN2O/c1-10-2-4-12(5-3-10)15-13(17)9-16-7-6-11(14)8-16/h2-5,11H,6-9H2,1H3,(H,15,17). The van der Waals surface area contributed by atoms with E-state index in [9.17, 15) is 9.18 Å². The van der Waals surface area contributed by atoms with Crippen LogP contribution in [0.1, 0.15) is 12.0 Å².